The first kappa shape index (κ1) is 44.2. The summed E-state index contributed by atoms with van der Waals surface area (Å²) < 4.78 is 5.65. The number of carbonyl (C=O) groups excluding carboxylic acids is 3. The van der Waals surface area contributed by atoms with E-state index in [1.54, 1.807) is 51.1 Å². The van der Waals surface area contributed by atoms with Crippen LogP contribution in [0.15, 0.2) is 97.1 Å². The summed E-state index contributed by atoms with van der Waals surface area (Å²) in [6.07, 6.45) is 2.51. The molecule has 3 fully saturated rings. The maximum atomic E-state index is 16.0. The second-order valence-corrected chi connectivity index (χ2v) is 20.5. The van der Waals surface area contributed by atoms with Gasteiger partial charge in [-0.15, -0.1) is 0 Å². The molecule has 2 heterocycles. The summed E-state index contributed by atoms with van der Waals surface area (Å²) in [6, 6.07) is 27.8. The number of benzene rings is 4. The first-order chi connectivity index (χ1) is 29.4. The Labute approximate surface area is 374 Å². The molecule has 4 aromatic carbocycles. The molecule has 0 radical (unpaired) electrons. The minimum atomic E-state index is -1.45. The average molecular weight is 882 g/mol. The number of nitrogens with zero attached hydrogens (tertiary/aromatic N) is 1. The van der Waals surface area contributed by atoms with E-state index in [1.165, 1.54) is 0 Å². The number of halogens is 2. The third kappa shape index (κ3) is 8.13. The topological polar surface area (TPSA) is 140 Å². The fraction of sp³-hybridized carbons (Fsp3) is 0.460. The van der Waals surface area contributed by atoms with Crippen molar-refractivity contribution in [1.29, 1.82) is 0 Å². The Morgan fingerprint density at radius 3 is 2.10 bits per heavy atom. The number of aliphatic hydroxyl groups is 2. The van der Waals surface area contributed by atoms with E-state index < -0.39 is 52.9 Å². The standard InChI is InChI=1S/C50H58Cl2N4O6/c1-47(2,3)62-46(61)54-36-27-32(26-34(52)28-36)40-42(44(59)53-35-17-19-37(57)20-18-35)56(41(30-12-8-6-9-13-30)43(58)31-14-10-7-11-15-31)49(24-22-48(4,5)23-25-49)50(40)38-21-16-33(51)29-39(38)55-45(50)60/h6-16,21,26-29,35,37,40-43,57-58H,17-20,22-25H2,1-5H3,(H,53,59)(H,54,61)(H,55,60)/t35-,37-,40-,41+,42+,43-,50+/m0/s1. The van der Waals surface area contributed by atoms with Gasteiger partial charge in [0.1, 0.15) is 11.0 Å². The molecule has 5 atom stereocenters. The third-order valence-electron chi connectivity index (χ3n) is 13.9. The molecular weight excluding hydrogens is 823 g/mol. The van der Waals surface area contributed by atoms with Crippen LogP contribution in [0.25, 0.3) is 0 Å². The lowest BCUT2D eigenvalue weighted by Gasteiger charge is -2.56. The van der Waals surface area contributed by atoms with Crippen LogP contribution in [0, 0.1) is 5.41 Å². The number of amides is 3. The van der Waals surface area contributed by atoms with Crippen molar-refractivity contribution in [2.75, 3.05) is 10.6 Å². The van der Waals surface area contributed by atoms with Gasteiger partial charge in [-0.2, -0.15) is 0 Å². The van der Waals surface area contributed by atoms with Crippen LogP contribution >= 0.6 is 23.2 Å². The number of hydrogen-bond donors (Lipinski definition) is 5. The highest BCUT2D eigenvalue weighted by Crippen LogP contribution is 2.69. The molecular formula is C50H58Cl2N4O6. The molecule has 62 heavy (non-hydrogen) atoms. The second kappa shape index (κ2) is 16.9. The summed E-state index contributed by atoms with van der Waals surface area (Å²) in [5.41, 5.74) is 0.227. The molecule has 12 heteroatoms. The van der Waals surface area contributed by atoms with Crippen molar-refractivity contribution in [2.24, 2.45) is 5.41 Å². The van der Waals surface area contributed by atoms with Gasteiger partial charge >= 0.3 is 6.09 Å². The van der Waals surface area contributed by atoms with Gasteiger partial charge in [0.25, 0.3) is 0 Å². The number of aliphatic hydroxyl groups excluding tert-OH is 2. The van der Waals surface area contributed by atoms with E-state index in [0.29, 0.717) is 76.6 Å². The fourth-order valence-electron chi connectivity index (χ4n) is 11.1. The minimum absolute atomic E-state index is 0.0877. The summed E-state index contributed by atoms with van der Waals surface area (Å²) in [4.78, 5) is 47.4. The molecule has 4 aromatic rings. The van der Waals surface area contributed by atoms with Gasteiger partial charge < -0.3 is 25.6 Å². The Bertz CT molecular complexity index is 2300. The van der Waals surface area contributed by atoms with E-state index in [9.17, 15) is 15.0 Å². The highest BCUT2D eigenvalue weighted by molar-refractivity contribution is 6.31. The number of ether oxygens (including phenoxy) is 1. The van der Waals surface area contributed by atoms with Crippen molar-refractivity contribution in [3.63, 3.8) is 0 Å². The van der Waals surface area contributed by atoms with Crippen LogP contribution in [0.4, 0.5) is 16.2 Å². The molecule has 3 amide bonds. The molecule has 5 N–H and O–H groups in total. The smallest absolute Gasteiger partial charge is 0.412 e. The van der Waals surface area contributed by atoms with Gasteiger partial charge in [0.15, 0.2) is 0 Å². The number of fused-ring (bicyclic) bond motifs is 3. The largest absolute Gasteiger partial charge is 0.444 e. The predicted molar refractivity (Wildman–Crippen MR) is 243 cm³/mol. The molecule has 2 aliphatic carbocycles. The zero-order valence-electron chi connectivity index (χ0n) is 36.1. The summed E-state index contributed by atoms with van der Waals surface area (Å²) in [5, 5.41) is 33.8. The van der Waals surface area contributed by atoms with Gasteiger partial charge in [0.2, 0.25) is 11.8 Å². The van der Waals surface area contributed by atoms with Crippen LogP contribution in [0.3, 0.4) is 0 Å². The lowest BCUT2D eigenvalue weighted by atomic mass is 9.53. The van der Waals surface area contributed by atoms with Gasteiger partial charge in [-0.05, 0) is 130 Å². The van der Waals surface area contributed by atoms with Crippen LogP contribution in [0.1, 0.15) is 126 Å². The Morgan fingerprint density at radius 1 is 0.839 bits per heavy atom. The summed E-state index contributed by atoms with van der Waals surface area (Å²) >= 11 is 13.7. The quantitative estimate of drug-likeness (QED) is 0.119. The molecule has 10 nitrogen and oxygen atoms in total. The molecule has 2 spiro atoms. The maximum Gasteiger partial charge on any atom is 0.412 e. The molecule has 8 rings (SSSR count). The van der Waals surface area contributed by atoms with E-state index in [4.69, 9.17) is 27.9 Å². The zero-order chi connectivity index (χ0) is 44.2. The van der Waals surface area contributed by atoms with Crippen LogP contribution in [-0.4, -0.2) is 62.3 Å². The van der Waals surface area contributed by atoms with Crippen molar-refractivity contribution in [3.8, 4) is 0 Å². The number of hydrogen-bond acceptors (Lipinski definition) is 7. The van der Waals surface area contributed by atoms with Crippen molar-refractivity contribution in [1.82, 2.24) is 10.2 Å². The van der Waals surface area contributed by atoms with Crippen LogP contribution in [0.2, 0.25) is 10.0 Å². The number of likely N-dealkylation sites (tertiary alicyclic amines) is 1. The molecule has 0 bridgehead atoms. The number of rotatable bonds is 8. The summed E-state index contributed by atoms with van der Waals surface area (Å²) in [7, 11) is 0. The number of nitrogens with one attached hydrogen (secondary N) is 3. The minimum Gasteiger partial charge on any atom is -0.444 e. The monoisotopic (exact) mass is 880 g/mol. The third-order valence-corrected chi connectivity index (χ3v) is 14.3. The van der Waals surface area contributed by atoms with Crippen LogP contribution in [0.5, 0.6) is 0 Å². The van der Waals surface area contributed by atoms with E-state index >= 15 is 9.59 Å². The zero-order valence-corrected chi connectivity index (χ0v) is 37.6. The average Bonchev–Trinajstić information content (AvgIpc) is 3.64. The first-order valence-corrected chi connectivity index (χ1v) is 22.6. The second-order valence-electron chi connectivity index (χ2n) is 19.6. The Balaban J connectivity index is 1.45. The molecule has 0 unspecified atom stereocenters. The molecule has 2 saturated carbocycles. The molecule has 1 saturated heterocycles. The number of carbonyl (C=O) groups is 3. The summed E-state index contributed by atoms with van der Waals surface area (Å²) in [6.45, 7) is 9.83. The predicted octanol–water partition coefficient (Wildman–Crippen LogP) is 10.2. The fourth-order valence-corrected chi connectivity index (χ4v) is 11.6. The SMILES string of the molecule is CC1(C)CCC2(CC1)N([C@H](c1ccccc1)[C@@H](O)c1ccccc1)[C@@H](C(=O)N[C@H]1CC[C@H](O)CC1)[C@H](c1cc(Cl)cc(NC(=O)OC(C)(C)C)c1)[C@]21C(=O)Nc2cc(Cl)ccc21. The van der Waals surface area contributed by atoms with E-state index in [-0.39, 0.29) is 23.3 Å². The van der Waals surface area contributed by atoms with Crippen molar-refractivity contribution >= 4 is 52.5 Å². The Morgan fingerprint density at radius 2 is 1.47 bits per heavy atom. The highest BCUT2D eigenvalue weighted by atomic mass is 35.5. The van der Waals surface area contributed by atoms with Gasteiger partial charge in [0.05, 0.1) is 24.3 Å². The highest BCUT2D eigenvalue weighted by Gasteiger charge is 2.77. The van der Waals surface area contributed by atoms with Gasteiger partial charge in [-0.1, -0.05) is 104 Å². The first-order valence-electron chi connectivity index (χ1n) is 21.9. The van der Waals surface area contributed by atoms with Crippen LogP contribution < -0.4 is 16.0 Å². The summed E-state index contributed by atoms with van der Waals surface area (Å²) in [5.74, 6) is -1.49. The Hall–Kier alpha value is -4.45. The maximum absolute atomic E-state index is 16.0. The van der Waals surface area contributed by atoms with Gasteiger partial charge in [-0.25, -0.2) is 4.79 Å². The molecule has 2 aliphatic heterocycles. The van der Waals surface area contributed by atoms with E-state index in [0.717, 1.165) is 18.4 Å². The van der Waals surface area contributed by atoms with Crippen molar-refractivity contribution in [3.05, 3.63) is 129 Å². The van der Waals surface area contributed by atoms with E-state index in [1.807, 2.05) is 66.7 Å². The molecule has 4 aliphatic rings. The molecule has 0 aromatic heterocycles. The van der Waals surface area contributed by atoms with Crippen molar-refractivity contribution < 1.29 is 29.3 Å². The van der Waals surface area contributed by atoms with E-state index in [2.05, 4.69) is 34.7 Å². The molecule has 328 valence electrons. The normalized spacial score (nSPS) is 26.4. The lowest BCUT2D eigenvalue weighted by molar-refractivity contribution is -0.137. The van der Waals surface area contributed by atoms with Gasteiger partial charge in [0, 0.05) is 38.9 Å². The number of anilines is 2. The van der Waals surface area contributed by atoms with Crippen molar-refractivity contribution in [2.45, 2.75) is 139 Å². The van der Waals surface area contributed by atoms with Gasteiger partial charge in [-0.3, -0.25) is 19.8 Å². The lowest BCUT2D eigenvalue weighted by Crippen LogP contribution is -2.64. The Kier molecular flexibility index (Phi) is 12.1. The van der Waals surface area contributed by atoms with Crippen LogP contribution in [-0.2, 0) is 19.7 Å².